The second-order valence-corrected chi connectivity index (χ2v) is 10.2. The molecule has 0 spiro atoms. The molecule has 0 amide bonds. The molecule has 5 rings (SSSR count). The largest absolute Gasteiger partial charge is 0.507 e. The molecule has 3 N–H and O–H groups in total. The third kappa shape index (κ3) is 4.42. The number of methoxy groups -OCH3 is 1. The van der Waals surface area contributed by atoms with Crippen LogP contribution in [0.5, 0.6) is 11.5 Å². The second kappa shape index (κ2) is 8.51. The van der Waals surface area contributed by atoms with Gasteiger partial charge in [-0.1, -0.05) is 6.07 Å². The maximum atomic E-state index is 13.6. The fraction of sp³-hybridized carbons (Fsp3) is 0.423. The van der Waals surface area contributed by atoms with Crippen LogP contribution in [0.25, 0.3) is 22.4 Å². The summed E-state index contributed by atoms with van der Waals surface area (Å²) >= 11 is 0. The molecule has 2 unspecified atom stereocenters. The standard InChI is InChI=1S/C26H30FN5O2/c1-25-8-9-26(2,32-25)13-16(12-25)14-28-23-7-6-20(30-31-23)19-5-4-17(10-21(19)33)18-11-22(34-3)24(27)29-15-18/h4-7,10-11,15-16,32-33H,8-9,12-14H2,1-3H3,(H,28,31). The van der Waals surface area contributed by atoms with Gasteiger partial charge in [0.25, 0.3) is 5.95 Å². The molecule has 178 valence electrons. The van der Waals surface area contributed by atoms with Crippen molar-refractivity contribution in [3.8, 4) is 33.9 Å². The summed E-state index contributed by atoms with van der Waals surface area (Å²) in [7, 11) is 1.39. The summed E-state index contributed by atoms with van der Waals surface area (Å²) in [6.07, 6.45) is 6.21. The lowest BCUT2D eigenvalue weighted by atomic mass is 9.80. The average molecular weight is 464 g/mol. The zero-order chi connectivity index (χ0) is 23.9. The first-order valence-electron chi connectivity index (χ1n) is 11.7. The van der Waals surface area contributed by atoms with Crippen molar-refractivity contribution in [3.63, 3.8) is 0 Å². The Kier molecular flexibility index (Phi) is 5.64. The highest BCUT2D eigenvalue weighted by Gasteiger charge is 2.48. The van der Waals surface area contributed by atoms with E-state index in [1.807, 2.05) is 18.2 Å². The molecule has 0 aliphatic carbocycles. The van der Waals surface area contributed by atoms with E-state index in [1.54, 1.807) is 18.2 Å². The quantitative estimate of drug-likeness (QED) is 0.453. The highest BCUT2D eigenvalue weighted by molar-refractivity contribution is 5.74. The monoisotopic (exact) mass is 463 g/mol. The number of rotatable bonds is 6. The molecule has 2 atom stereocenters. The number of nitrogens with one attached hydrogen (secondary N) is 2. The number of fused-ring (bicyclic) bond motifs is 2. The van der Waals surface area contributed by atoms with Crippen LogP contribution in [-0.4, -0.2) is 45.0 Å². The third-order valence-electron chi connectivity index (χ3n) is 7.18. The zero-order valence-electron chi connectivity index (χ0n) is 19.7. The summed E-state index contributed by atoms with van der Waals surface area (Å²) < 4.78 is 18.6. The number of hydrogen-bond donors (Lipinski definition) is 3. The number of benzene rings is 1. The topological polar surface area (TPSA) is 92.2 Å². The van der Waals surface area contributed by atoms with Gasteiger partial charge in [-0.2, -0.15) is 4.39 Å². The van der Waals surface area contributed by atoms with Crippen molar-refractivity contribution in [2.24, 2.45) is 5.92 Å². The summed E-state index contributed by atoms with van der Waals surface area (Å²) in [5.41, 5.74) is 2.96. The van der Waals surface area contributed by atoms with E-state index in [0.717, 1.165) is 25.2 Å². The van der Waals surface area contributed by atoms with E-state index in [1.165, 1.54) is 26.1 Å². The van der Waals surface area contributed by atoms with Crippen molar-refractivity contribution in [1.82, 2.24) is 20.5 Å². The van der Waals surface area contributed by atoms with Crippen molar-refractivity contribution in [3.05, 3.63) is 48.5 Å². The molecule has 2 aliphatic heterocycles. The number of phenolic OH excluding ortho intramolecular Hbond substituents is 1. The molecular weight excluding hydrogens is 433 g/mol. The van der Waals surface area contributed by atoms with E-state index in [-0.39, 0.29) is 22.6 Å². The fourth-order valence-corrected chi connectivity index (χ4v) is 5.68. The Balaban J connectivity index is 1.26. The lowest BCUT2D eigenvalue weighted by molar-refractivity contribution is 0.178. The number of aromatic nitrogens is 3. The number of aromatic hydroxyl groups is 1. The van der Waals surface area contributed by atoms with Crippen molar-refractivity contribution < 1.29 is 14.2 Å². The Morgan fingerprint density at radius 3 is 2.50 bits per heavy atom. The van der Waals surface area contributed by atoms with Gasteiger partial charge in [-0.15, -0.1) is 10.2 Å². The van der Waals surface area contributed by atoms with Crippen molar-refractivity contribution in [1.29, 1.82) is 0 Å². The Morgan fingerprint density at radius 2 is 1.85 bits per heavy atom. The molecule has 7 nitrogen and oxygen atoms in total. The van der Waals surface area contributed by atoms with Gasteiger partial charge >= 0.3 is 0 Å². The predicted octanol–water partition coefficient (Wildman–Crippen LogP) is 4.78. The van der Waals surface area contributed by atoms with Crippen LogP contribution in [0.4, 0.5) is 10.2 Å². The van der Waals surface area contributed by atoms with Gasteiger partial charge in [0.2, 0.25) is 0 Å². The molecule has 1 aromatic carbocycles. The van der Waals surface area contributed by atoms with Crippen LogP contribution in [0.15, 0.2) is 42.6 Å². The zero-order valence-corrected chi connectivity index (χ0v) is 19.7. The van der Waals surface area contributed by atoms with Gasteiger partial charge in [0.15, 0.2) is 5.75 Å². The first-order chi connectivity index (χ1) is 16.3. The highest BCUT2D eigenvalue weighted by Crippen LogP contribution is 2.44. The number of phenols is 1. The van der Waals surface area contributed by atoms with Crippen LogP contribution in [0.3, 0.4) is 0 Å². The van der Waals surface area contributed by atoms with E-state index in [4.69, 9.17) is 4.74 Å². The Bertz CT molecular complexity index is 1190. The van der Waals surface area contributed by atoms with Crippen LogP contribution in [0, 0.1) is 11.9 Å². The summed E-state index contributed by atoms with van der Waals surface area (Å²) in [5.74, 6) is 0.756. The molecule has 2 aliphatic rings. The SMILES string of the molecule is COc1cc(-c2ccc(-c3ccc(NCC4CC5(C)CCC(C)(C4)N5)nn3)c(O)c2)cnc1F. The fourth-order valence-electron chi connectivity index (χ4n) is 5.68. The number of nitrogens with zero attached hydrogens (tertiary/aromatic N) is 3. The van der Waals surface area contributed by atoms with E-state index in [2.05, 4.69) is 39.7 Å². The third-order valence-corrected chi connectivity index (χ3v) is 7.18. The maximum absolute atomic E-state index is 13.6. The molecule has 3 aromatic rings. The first kappa shape index (κ1) is 22.5. The van der Waals surface area contributed by atoms with Gasteiger partial charge in [0.1, 0.15) is 11.6 Å². The number of halogens is 1. The van der Waals surface area contributed by atoms with Gasteiger partial charge in [0.05, 0.1) is 12.8 Å². The van der Waals surface area contributed by atoms with Gasteiger partial charge in [-0.3, -0.25) is 0 Å². The van der Waals surface area contributed by atoms with Crippen molar-refractivity contribution in [2.45, 2.75) is 50.6 Å². The van der Waals surface area contributed by atoms with Crippen LogP contribution >= 0.6 is 0 Å². The minimum atomic E-state index is -0.674. The minimum absolute atomic E-state index is 0.0513. The van der Waals surface area contributed by atoms with Crippen molar-refractivity contribution in [2.75, 3.05) is 19.0 Å². The normalized spacial score (nSPS) is 25.8. The summed E-state index contributed by atoms with van der Waals surface area (Å²) in [4.78, 5) is 3.71. The Morgan fingerprint density at radius 1 is 1.09 bits per heavy atom. The molecule has 34 heavy (non-hydrogen) atoms. The van der Waals surface area contributed by atoms with Crippen LogP contribution in [-0.2, 0) is 0 Å². The van der Waals surface area contributed by atoms with Gasteiger partial charge in [-0.25, -0.2) is 4.98 Å². The number of ether oxygens (including phenoxy) is 1. The van der Waals surface area contributed by atoms with Crippen LogP contribution < -0.4 is 15.4 Å². The number of piperidine rings is 1. The summed E-state index contributed by atoms with van der Waals surface area (Å²) in [5, 5.41) is 26.5. The smallest absolute Gasteiger partial charge is 0.255 e. The molecule has 4 heterocycles. The molecule has 2 saturated heterocycles. The average Bonchev–Trinajstić information content (AvgIpc) is 3.05. The first-order valence-corrected chi connectivity index (χ1v) is 11.7. The van der Waals surface area contributed by atoms with E-state index < -0.39 is 5.95 Å². The highest BCUT2D eigenvalue weighted by atomic mass is 19.1. The van der Waals surface area contributed by atoms with Crippen LogP contribution in [0.2, 0.25) is 0 Å². The predicted molar refractivity (Wildman–Crippen MR) is 129 cm³/mol. The molecule has 2 bridgehead atoms. The van der Waals surface area contributed by atoms with Crippen LogP contribution in [0.1, 0.15) is 39.5 Å². The van der Waals surface area contributed by atoms with Gasteiger partial charge in [0, 0.05) is 34.9 Å². The number of anilines is 1. The van der Waals surface area contributed by atoms with Crippen molar-refractivity contribution >= 4 is 5.82 Å². The van der Waals surface area contributed by atoms with Gasteiger partial charge in [-0.05, 0) is 81.3 Å². The molecule has 0 saturated carbocycles. The minimum Gasteiger partial charge on any atom is -0.507 e. The number of pyridine rings is 1. The maximum Gasteiger partial charge on any atom is 0.255 e. The van der Waals surface area contributed by atoms with Gasteiger partial charge < -0.3 is 20.5 Å². The summed E-state index contributed by atoms with van der Waals surface area (Å²) in [6, 6.07) is 10.5. The molecular formula is C26H30FN5O2. The lowest BCUT2D eigenvalue weighted by Crippen LogP contribution is -2.54. The van der Waals surface area contributed by atoms with E-state index in [0.29, 0.717) is 28.3 Å². The molecule has 0 radical (unpaired) electrons. The van der Waals surface area contributed by atoms with E-state index >= 15 is 0 Å². The second-order valence-electron chi connectivity index (χ2n) is 10.2. The molecule has 8 heteroatoms. The molecule has 2 aromatic heterocycles. The summed E-state index contributed by atoms with van der Waals surface area (Å²) in [6.45, 7) is 5.54. The number of hydrogen-bond acceptors (Lipinski definition) is 7. The Labute approximate surface area is 198 Å². The van der Waals surface area contributed by atoms with E-state index in [9.17, 15) is 9.50 Å². The Hall–Kier alpha value is -3.26. The molecule has 2 fully saturated rings. The lowest BCUT2D eigenvalue weighted by Gasteiger charge is -2.42.